The van der Waals surface area contributed by atoms with E-state index in [-0.39, 0.29) is 11.3 Å². The van der Waals surface area contributed by atoms with Crippen molar-refractivity contribution in [3.05, 3.63) is 59.7 Å². The van der Waals surface area contributed by atoms with Gasteiger partial charge in [0.1, 0.15) is 5.75 Å². The third-order valence-electron chi connectivity index (χ3n) is 2.43. The SMILES string of the molecule is O=C(O)c1ccccc1N/N=C/c1cccc(O)c1. The van der Waals surface area contributed by atoms with Crippen LogP contribution >= 0.6 is 0 Å². The smallest absolute Gasteiger partial charge is 0.337 e. The molecule has 0 saturated carbocycles. The first-order valence-corrected chi connectivity index (χ1v) is 5.57. The van der Waals surface area contributed by atoms with E-state index in [9.17, 15) is 9.90 Å². The third-order valence-corrected chi connectivity index (χ3v) is 2.43. The van der Waals surface area contributed by atoms with Gasteiger partial charge in [-0.25, -0.2) is 4.79 Å². The normalized spacial score (nSPS) is 10.5. The standard InChI is InChI=1S/C14H12N2O3/c17-11-5-3-4-10(8-11)9-15-16-13-7-2-1-6-12(13)14(18)19/h1-9,16-17H,(H,18,19)/b15-9+. The van der Waals surface area contributed by atoms with Crippen LogP contribution in [-0.4, -0.2) is 22.4 Å². The van der Waals surface area contributed by atoms with Crippen molar-refractivity contribution in [1.29, 1.82) is 0 Å². The number of carboxylic acids is 1. The zero-order valence-electron chi connectivity index (χ0n) is 9.95. The van der Waals surface area contributed by atoms with Crippen LogP contribution in [0.15, 0.2) is 53.6 Å². The number of benzene rings is 2. The second kappa shape index (κ2) is 5.68. The fraction of sp³-hybridized carbons (Fsp3) is 0. The minimum absolute atomic E-state index is 0.148. The average molecular weight is 256 g/mol. The van der Waals surface area contributed by atoms with Gasteiger partial charge in [0.25, 0.3) is 0 Å². The zero-order valence-corrected chi connectivity index (χ0v) is 9.95. The minimum Gasteiger partial charge on any atom is -0.508 e. The van der Waals surface area contributed by atoms with Crippen LogP contribution in [-0.2, 0) is 0 Å². The van der Waals surface area contributed by atoms with E-state index in [0.29, 0.717) is 11.3 Å². The lowest BCUT2D eigenvalue weighted by Crippen LogP contribution is -2.02. The number of hydrogen-bond donors (Lipinski definition) is 3. The molecule has 0 atom stereocenters. The molecule has 0 saturated heterocycles. The molecule has 2 aromatic carbocycles. The molecule has 96 valence electrons. The lowest BCUT2D eigenvalue weighted by atomic mass is 10.2. The van der Waals surface area contributed by atoms with Gasteiger partial charge in [-0.1, -0.05) is 24.3 Å². The highest BCUT2D eigenvalue weighted by molar-refractivity contribution is 5.94. The molecule has 5 nitrogen and oxygen atoms in total. The molecule has 0 heterocycles. The Balaban J connectivity index is 2.13. The second-order valence-corrected chi connectivity index (χ2v) is 3.82. The fourth-order valence-corrected chi connectivity index (χ4v) is 1.55. The maximum absolute atomic E-state index is 11.0. The number of hydrogen-bond acceptors (Lipinski definition) is 4. The van der Waals surface area contributed by atoms with Gasteiger partial charge in [-0.3, -0.25) is 5.43 Å². The van der Waals surface area contributed by atoms with Gasteiger partial charge in [-0.15, -0.1) is 0 Å². The van der Waals surface area contributed by atoms with Crippen molar-refractivity contribution in [2.45, 2.75) is 0 Å². The van der Waals surface area contributed by atoms with E-state index in [1.54, 1.807) is 42.5 Å². The number of anilines is 1. The van der Waals surface area contributed by atoms with Crippen LogP contribution in [0.2, 0.25) is 0 Å². The number of carboxylic acid groups (broad SMARTS) is 1. The van der Waals surface area contributed by atoms with Gasteiger partial charge >= 0.3 is 5.97 Å². The summed E-state index contributed by atoms with van der Waals surface area (Å²) >= 11 is 0. The Labute approximate surface area is 109 Å². The molecule has 0 aliphatic rings. The Bertz CT molecular complexity index is 624. The van der Waals surface area contributed by atoms with Crippen LogP contribution in [0.1, 0.15) is 15.9 Å². The van der Waals surface area contributed by atoms with Gasteiger partial charge in [0.15, 0.2) is 0 Å². The minimum atomic E-state index is -1.02. The van der Waals surface area contributed by atoms with Gasteiger partial charge in [0.05, 0.1) is 17.5 Å². The van der Waals surface area contributed by atoms with Crippen LogP contribution in [0.5, 0.6) is 5.75 Å². The molecule has 0 aromatic heterocycles. The van der Waals surface area contributed by atoms with Crippen LogP contribution < -0.4 is 5.43 Å². The molecule has 0 radical (unpaired) electrons. The van der Waals surface area contributed by atoms with Gasteiger partial charge in [-0.2, -0.15) is 5.10 Å². The first-order valence-electron chi connectivity index (χ1n) is 5.57. The van der Waals surface area contributed by atoms with Crippen molar-refractivity contribution in [1.82, 2.24) is 0 Å². The van der Waals surface area contributed by atoms with Crippen LogP contribution in [0.3, 0.4) is 0 Å². The molecule has 0 spiro atoms. The topological polar surface area (TPSA) is 81.9 Å². The molecule has 2 rings (SSSR count). The summed E-state index contributed by atoms with van der Waals surface area (Å²) in [4.78, 5) is 11.0. The van der Waals surface area contributed by atoms with E-state index < -0.39 is 5.97 Å². The molecule has 0 unspecified atom stereocenters. The van der Waals surface area contributed by atoms with Crippen molar-refractivity contribution in [3.8, 4) is 5.75 Å². The lowest BCUT2D eigenvalue weighted by Gasteiger charge is -2.04. The van der Waals surface area contributed by atoms with Crippen molar-refractivity contribution in [3.63, 3.8) is 0 Å². The first kappa shape index (κ1) is 12.6. The van der Waals surface area contributed by atoms with Crippen molar-refractivity contribution in [2.24, 2.45) is 5.10 Å². The van der Waals surface area contributed by atoms with E-state index >= 15 is 0 Å². The highest BCUT2D eigenvalue weighted by atomic mass is 16.4. The summed E-state index contributed by atoms with van der Waals surface area (Å²) in [5.41, 5.74) is 3.94. The van der Waals surface area contributed by atoms with Crippen LogP contribution in [0, 0.1) is 0 Å². The number of para-hydroxylation sites is 1. The highest BCUT2D eigenvalue weighted by Crippen LogP contribution is 2.15. The predicted octanol–water partition coefficient (Wildman–Crippen LogP) is 2.54. The van der Waals surface area contributed by atoms with Gasteiger partial charge in [-0.05, 0) is 29.8 Å². The number of nitrogens with zero attached hydrogens (tertiary/aromatic N) is 1. The van der Waals surface area contributed by atoms with Gasteiger partial charge in [0, 0.05) is 0 Å². The zero-order chi connectivity index (χ0) is 13.7. The number of aromatic carboxylic acids is 1. The summed E-state index contributed by atoms with van der Waals surface area (Å²) < 4.78 is 0. The molecule has 5 heteroatoms. The van der Waals surface area contributed by atoms with E-state index in [1.807, 2.05) is 0 Å². The third kappa shape index (κ3) is 3.32. The molecule has 0 aliphatic carbocycles. The van der Waals surface area contributed by atoms with E-state index in [1.165, 1.54) is 12.3 Å². The summed E-state index contributed by atoms with van der Waals surface area (Å²) in [7, 11) is 0. The Morgan fingerprint density at radius 3 is 2.68 bits per heavy atom. The summed E-state index contributed by atoms with van der Waals surface area (Å²) in [6, 6.07) is 13.1. The number of phenolic OH excluding ortho intramolecular Hbond substituents is 1. The largest absolute Gasteiger partial charge is 0.508 e. The van der Waals surface area contributed by atoms with E-state index in [4.69, 9.17) is 5.11 Å². The highest BCUT2D eigenvalue weighted by Gasteiger charge is 2.07. The Kier molecular flexibility index (Phi) is 3.78. The first-order chi connectivity index (χ1) is 9.16. The molecule has 3 N–H and O–H groups in total. The van der Waals surface area contributed by atoms with E-state index in [0.717, 1.165) is 0 Å². The maximum Gasteiger partial charge on any atom is 0.337 e. The summed E-state index contributed by atoms with van der Waals surface area (Å²) in [5.74, 6) is -0.870. The monoisotopic (exact) mass is 256 g/mol. The molecule has 0 fully saturated rings. The lowest BCUT2D eigenvalue weighted by molar-refractivity contribution is 0.0698. The molecule has 0 amide bonds. The summed E-state index contributed by atoms with van der Waals surface area (Å²) in [6.45, 7) is 0. The van der Waals surface area contributed by atoms with Gasteiger partial charge in [0.2, 0.25) is 0 Å². The molecule has 0 aliphatic heterocycles. The van der Waals surface area contributed by atoms with Crippen molar-refractivity contribution < 1.29 is 15.0 Å². The molecular formula is C14H12N2O3. The average Bonchev–Trinajstić information content (AvgIpc) is 2.39. The fourth-order valence-electron chi connectivity index (χ4n) is 1.55. The molecular weight excluding hydrogens is 244 g/mol. The number of hydrazone groups is 1. The molecule has 19 heavy (non-hydrogen) atoms. The second-order valence-electron chi connectivity index (χ2n) is 3.82. The number of phenols is 1. The molecule has 0 bridgehead atoms. The Hall–Kier alpha value is -2.82. The van der Waals surface area contributed by atoms with Crippen LogP contribution in [0.25, 0.3) is 0 Å². The predicted molar refractivity (Wildman–Crippen MR) is 72.7 cm³/mol. The van der Waals surface area contributed by atoms with Gasteiger partial charge < -0.3 is 10.2 Å². The summed E-state index contributed by atoms with van der Waals surface area (Å²) in [6.07, 6.45) is 1.50. The van der Waals surface area contributed by atoms with Crippen LogP contribution in [0.4, 0.5) is 5.69 Å². The van der Waals surface area contributed by atoms with Crippen molar-refractivity contribution in [2.75, 3.05) is 5.43 Å². The Morgan fingerprint density at radius 1 is 1.16 bits per heavy atom. The number of rotatable bonds is 4. The molecule has 2 aromatic rings. The maximum atomic E-state index is 11.0. The number of carbonyl (C=O) groups is 1. The Morgan fingerprint density at radius 2 is 1.95 bits per heavy atom. The number of nitrogens with one attached hydrogen (secondary N) is 1. The quantitative estimate of drug-likeness (QED) is 0.580. The number of aromatic hydroxyl groups is 1. The van der Waals surface area contributed by atoms with Crippen molar-refractivity contribution >= 4 is 17.9 Å². The van der Waals surface area contributed by atoms with E-state index in [2.05, 4.69) is 10.5 Å². The summed E-state index contributed by atoms with van der Waals surface area (Å²) in [5, 5.41) is 22.2.